The molecule has 1 aromatic rings. The summed E-state index contributed by atoms with van der Waals surface area (Å²) in [5.74, 6) is -0.0308. The van der Waals surface area contributed by atoms with Crippen LogP contribution in [0.3, 0.4) is 0 Å². The molecule has 0 saturated heterocycles. The number of phenolic OH excluding ortho intramolecular Hbond substituents is 1. The quantitative estimate of drug-likeness (QED) is 0.408. The van der Waals surface area contributed by atoms with Gasteiger partial charge in [-0.25, -0.2) is 0 Å². The Bertz CT molecular complexity index is 288. The molecule has 50 valence electrons. The molecule has 0 unspecified atom stereocenters. The lowest BCUT2D eigenvalue weighted by atomic mass is 10.2. The lowest BCUT2D eigenvalue weighted by Gasteiger charge is -1.95. The topological polar surface area (TPSA) is 70.0 Å². The molecule has 0 aliphatic rings. The molecule has 0 fully saturated rings. The first-order valence-corrected chi connectivity index (χ1v) is 2.72. The number of aromatic hydroxyl groups is 1. The van der Waals surface area contributed by atoms with Crippen LogP contribution in [0, 0.1) is 11.3 Å². The SMILES string of the molecule is N#Cc1cc(N)ccc1O. The van der Waals surface area contributed by atoms with E-state index in [1.165, 1.54) is 18.2 Å². The van der Waals surface area contributed by atoms with Crippen LogP contribution in [-0.4, -0.2) is 5.11 Å². The summed E-state index contributed by atoms with van der Waals surface area (Å²) in [6.07, 6.45) is 0. The fourth-order valence-electron chi connectivity index (χ4n) is 0.643. The first kappa shape index (κ1) is 6.43. The predicted octanol–water partition coefficient (Wildman–Crippen LogP) is 0.846. The van der Waals surface area contributed by atoms with Crippen LogP contribution in [0.25, 0.3) is 0 Å². The maximum atomic E-state index is 8.96. The van der Waals surface area contributed by atoms with Gasteiger partial charge in [0.05, 0.1) is 5.56 Å². The van der Waals surface area contributed by atoms with Crippen molar-refractivity contribution in [1.29, 1.82) is 5.26 Å². The number of anilines is 1. The Labute approximate surface area is 58.3 Å². The average Bonchev–Trinajstić information content (AvgIpc) is 1.94. The average molecular weight is 134 g/mol. The maximum Gasteiger partial charge on any atom is 0.133 e. The highest BCUT2D eigenvalue weighted by atomic mass is 16.3. The first-order chi connectivity index (χ1) is 4.74. The van der Waals surface area contributed by atoms with E-state index in [9.17, 15) is 0 Å². The van der Waals surface area contributed by atoms with Crippen molar-refractivity contribution in [2.75, 3.05) is 5.73 Å². The molecule has 0 amide bonds. The van der Waals surface area contributed by atoms with Crippen LogP contribution >= 0.6 is 0 Å². The van der Waals surface area contributed by atoms with Crippen LogP contribution in [0.5, 0.6) is 5.75 Å². The molecule has 0 aliphatic carbocycles. The fourth-order valence-corrected chi connectivity index (χ4v) is 0.643. The van der Waals surface area contributed by atoms with Gasteiger partial charge in [-0.2, -0.15) is 5.26 Å². The van der Waals surface area contributed by atoms with Crippen molar-refractivity contribution >= 4 is 5.69 Å². The second-order valence-corrected chi connectivity index (χ2v) is 1.89. The molecule has 3 heteroatoms. The van der Waals surface area contributed by atoms with Crippen molar-refractivity contribution in [3.8, 4) is 11.8 Å². The molecule has 1 aromatic carbocycles. The number of nitriles is 1. The second-order valence-electron chi connectivity index (χ2n) is 1.89. The van der Waals surface area contributed by atoms with Crippen molar-refractivity contribution < 1.29 is 5.11 Å². The maximum absolute atomic E-state index is 8.96. The minimum absolute atomic E-state index is 0.0308. The molecular weight excluding hydrogens is 128 g/mol. The summed E-state index contributed by atoms with van der Waals surface area (Å²) >= 11 is 0. The van der Waals surface area contributed by atoms with Crippen molar-refractivity contribution in [1.82, 2.24) is 0 Å². The van der Waals surface area contributed by atoms with Gasteiger partial charge in [0.15, 0.2) is 0 Å². The third-order valence-corrected chi connectivity index (χ3v) is 1.14. The minimum Gasteiger partial charge on any atom is -0.507 e. The number of nitrogen functional groups attached to an aromatic ring is 1. The first-order valence-electron chi connectivity index (χ1n) is 2.72. The number of rotatable bonds is 0. The molecule has 0 radical (unpaired) electrons. The van der Waals surface area contributed by atoms with Gasteiger partial charge < -0.3 is 10.8 Å². The lowest BCUT2D eigenvalue weighted by molar-refractivity contribution is 0.473. The zero-order valence-corrected chi connectivity index (χ0v) is 5.20. The zero-order valence-electron chi connectivity index (χ0n) is 5.20. The summed E-state index contributed by atoms with van der Waals surface area (Å²) < 4.78 is 0. The van der Waals surface area contributed by atoms with Crippen molar-refractivity contribution in [3.63, 3.8) is 0 Å². The summed E-state index contributed by atoms with van der Waals surface area (Å²) in [6, 6.07) is 6.17. The summed E-state index contributed by atoms with van der Waals surface area (Å²) in [4.78, 5) is 0. The van der Waals surface area contributed by atoms with E-state index in [-0.39, 0.29) is 11.3 Å². The second kappa shape index (κ2) is 2.28. The highest BCUT2D eigenvalue weighted by molar-refractivity contribution is 5.52. The van der Waals surface area contributed by atoms with Crippen LogP contribution in [0.2, 0.25) is 0 Å². The van der Waals surface area contributed by atoms with Crippen LogP contribution < -0.4 is 5.73 Å². The van der Waals surface area contributed by atoms with Crippen LogP contribution in [0.1, 0.15) is 5.56 Å². The molecule has 10 heavy (non-hydrogen) atoms. The molecular formula is C7H6N2O. The number of phenols is 1. The summed E-state index contributed by atoms with van der Waals surface area (Å²) in [7, 11) is 0. The molecule has 0 heterocycles. The molecule has 0 aliphatic heterocycles. The molecule has 0 atom stereocenters. The molecule has 3 N–H and O–H groups in total. The van der Waals surface area contributed by atoms with Gasteiger partial charge in [-0.05, 0) is 18.2 Å². The normalized spacial score (nSPS) is 8.70. The third kappa shape index (κ3) is 1.00. The minimum atomic E-state index is -0.0308. The van der Waals surface area contributed by atoms with Crippen LogP contribution in [0.15, 0.2) is 18.2 Å². The van der Waals surface area contributed by atoms with Crippen molar-refractivity contribution in [3.05, 3.63) is 23.8 Å². The van der Waals surface area contributed by atoms with Gasteiger partial charge in [-0.3, -0.25) is 0 Å². The van der Waals surface area contributed by atoms with E-state index in [2.05, 4.69) is 0 Å². The molecule has 3 nitrogen and oxygen atoms in total. The Hall–Kier alpha value is -1.69. The Morgan fingerprint density at radius 2 is 2.20 bits per heavy atom. The summed E-state index contributed by atoms with van der Waals surface area (Å²) in [5.41, 5.74) is 6.03. The van der Waals surface area contributed by atoms with Gasteiger partial charge in [-0.1, -0.05) is 0 Å². The van der Waals surface area contributed by atoms with E-state index >= 15 is 0 Å². The fraction of sp³-hybridized carbons (Fsp3) is 0. The summed E-state index contributed by atoms with van der Waals surface area (Å²) in [6.45, 7) is 0. The molecule has 0 bridgehead atoms. The van der Waals surface area contributed by atoms with Gasteiger partial charge >= 0.3 is 0 Å². The molecule has 1 rings (SSSR count). The van der Waals surface area contributed by atoms with E-state index in [4.69, 9.17) is 16.1 Å². The number of nitrogens with two attached hydrogens (primary N) is 1. The van der Waals surface area contributed by atoms with Gasteiger partial charge in [0.1, 0.15) is 11.8 Å². The predicted molar refractivity (Wildman–Crippen MR) is 37.2 cm³/mol. The number of hydrogen-bond acceptors (Lipinski definition) is 3. The largest absolute Gasteiger partial charge is 0.507 e. The Balaban J connectivity index is 3.25. The lowest BCUT2D eigenvalue weighted by Crippen LogP contribution is -1.84. The zero-order chi connectivity index (χ0) is 7.56. The molecule has 0 spiro atoms. The van der Waals surface area contributed by atoms with E-state index in [1.54, 1.807) is 6.07 Å². The Kier molecular flexibility index (Phi) is 1.46. The standard InChI is InChI=1S/C7H6N2O/c8-4-5-3-6(9)1-2-7(5)10/h1-3,10H,9H2. The highest BCUT2D eigenvalue weighted by Gasteiger charge is 1.97. The van der Waals surface area contributed by atoms with Crippen LogP contribution in [-0.2, 0) is 0 Å². The highest BCUT2D eigenvalue weighted by Crippen LogP contribution is 2.17. The van der Waals surface area contributed by atoms with E-state index < -0.39 is 0 Å². The monoisotopic (exact) mass is 134 g/mol. The smallest absolute Gasteiger partial charge is 0.133 e. The van der Waals surface area contributed by atoms with E-state index in [0.717, 1.165) is 0 Å². The van der Waals surface area contributed by atoms with Crippen molar-refractivity contribution in [2.45, 2.75) is 0 Å². The van der Waals surface area contributed by atoms with Crippen molar-refractivity contribution in [2.24, 2.45) is 0 Å². The van der Waals surface area contributed by atoms with E-state index in [0.29, 0.717) is 5.69 Å². The van der Waals surface area contributed by atoms with Gasteiger partial charge in [0, 0.05) is 5.69 Å². The molecule has 0 aromatic heterocycles. The number of hydrogen-bond donors (Lipinski definition) is 2. The Morgan fingerprint density at radius 1 is 1.50 bits per heavy atom. The number of nitrogens with zero attached hydrogens (tertiary/aromatic N) is 1. The van der Waals surface area contributed by atoms with Gasteiger partial charge in [0.25, 0.3) is 0 Å². The molecule has 0 saturated carbocycles. The summed E-state index contributed by atoms with van der Waals surface area (Å²) in [5, 5.41) is 17.3. The van der Waals surface area contributed by atoms with Crippen LogP contribution in [0.4, 0.5) is 5.69 Å². The van der Waals surface area contributed by atoms with Gasteiger partial charge in [-0.15, -0.1) is 0 Å². The Morgan fingerprint density at radius 3 is 2.70 bits per heavy atom. The van der Waals surface area contributed by atoms with Gasteiger partial charge in [0.2, 0.25) is 0 Å². The van der Waals surface area contributed by atoms with E-state index in [1.807, 2.05) is 0 Å². The number of benzene rings is 1. The third-order valence-electron chi connectivity index (χ3n) is 1.14.